The Morgan fingerprint density at radius 1 is 1.47 bits per heavy atom. The predicted octanol–water partition coefficient (Wildman–Crippen LogP) is 2.00. The van der Waals surface area contributed by atoms with Crippen LogP contribution in [0.1, 0.15) is 18.4 Å². The van der Waals surface area contributed by atoms with Crippen LogP contribution in [-0.2, 0) is 14.8 Å². The second-order valence-corrected chi connectivity index (χ2v) is 7.30. The minimum atomic E-state index is -3.75. The smallest absolute Gasteiger partial charge is 0.322 e. The van der Waals surface area contributed by atoms with E-state index in [4.69, 9.17) is 5.11 Å². The van der Waals surface area contributed by atoms with Crippen LogP contribution in [0.5, 0.6) is 0 Å². The van der Waals surface area contributed by atoms with Gasteiger partial charge in [-0.25, -0.2) is 8.42 Å². The highest BCUT2D eigenvalue weighted by atomic mass is 79.9. The summed E-state index contributed by atoms with van der Waals surface area (Å²) in [6, 6.07) is 3.91. The summed E-state index contributed by atoms with van der Waals surface area (Å²) in [6.45, 7) is 1.96. The molecule has 0 aliphatic carbocycles. The number of carboxylic acid groups (broad SMARTS) is 1. The van der Waals surface area contributed by atoms with Gasteiger partial charge in [0.25, 0.3) is 0 Å². The van der Waals surface area contributed by atoms with Crippen molar-refractivity contribution in [2.45, 2.75) is 30.7 Å². The molecule has 1 aromatic carbocycles. The Kier molecular flexibility index (Phi) is 3.98. The molecule has 1 aromatic rings. The van der Waals surface area contributed by atoms with Crippen LogP contribution in [0.4, 0.5) is 0 Å². The maximum Gasteiger partial charge on any atom is 0.322 e. The molecule has 1 atom stereocenters. The summed E-state index contributed by atoms with van der Waals surface area (Å²) >= 11 is 3.28. The molecule has 1 unspecified atom stereocenters. The van der Waals surface area contributed by atoms with Gasteiger partial charge in [0.15, 0.2) is 0 Å². The van der Waals surface area contributed by atoms with E-state index in [2.05, 4.69) is 15.9 Å². The SMILES string of the molecule is Cc1cc(Br)ccc1S(=O)(=O)N1CCCC1C(=O)O. The van der Waals surface area contributed by atoms with E-state index in [-0.39, 0.29) is 11.4 Å². The number of carboxylic acids is 1. The largest absolute Gasteiger partial charge is 0.480 e. The van der Waals surface area contributed by atoms with Crippen molar-refractivity contribution in [1.29, 1.82) is 0 Å². The minimum Gasteiger partial charge on any atom is -0.480 e. The molecule has 0 saturated carbocycles. The van der Waals surface area contributed by atoms with Crippen molar-refractivity contribution < 1.29 is 18.3 Å². The van der Waals surface area contributed by atoms with Crippen LogP contribution in [0, 0.1) is 6.92 Å². The Labute approximate surface area is 120 Å². The first-order valence-electron chi connectivity index (χ1n) is 5.85. The van der Waals surface area contributed by atoms with Gasteiger partial charge in [0.2, 0.25) is 10.0 Å². The molecule has 2 rings (SSSR count). The second-order valence-electron chi connectivity index (χ2n) is 4.52. The van der Waals surface area contributed by atoms with Crippen LogP contribution in [0.25, 0.3) is 0 Å². The Hall–Kier alpha value is -0.920. The summed E-state index contributed by atoms with van der Waals surface area (Å²) in [7, 11) is -3.75. The molecule has 5 nitrogen and oxygen atoms in total. The average molecular weight is 348 g/mol. The minimum absolute atomic E-state index is 0.170. The Balaban J connectivity index is 2.45. The first-order valence-corrected chi connectivity index (χ1v) is 8.08. The monoisotopic (exact) mass is 347 g/mol. The first kappa shape index (κ1) is 14.5. The van der Waals surface area contributed by atoms with Gasteiger partial charge in [-0.3, -0.25) is 4.79 Å². The van der Waals surface area contributed by atoms with Crippen molar-refractivity contribution in [3.8, 4) is 0 Å². The highest BCUT2D eigenvalue weighted by Crippen LogP contribution is 2.29. The van der Waals surface area contributed by atoms with Crippen molar-refractivity contribution in [2.75, 3.05) is 6.54 Å². The molecule has 1 saturated heterocycles. The Bertz CT molecular complexity index is 614. The van der Waals surface area contributed by atoms with Gasteiger partial charge in [0.1, 0.15) is 6.04 Å². The molecule has 0 radical (unpaired) electrons. The molecule has 1 heterocycles. The van der Waals surface area contributed by atoms with E-state index in [9.17, 15) is 13.2 Å². The van der Waals surface area contributed by atoms with Crippen LogP contribution in [0.2, 0.25) is 0 Å². The predicted molar refractivity (Wildman–Crippen MR) is 73.4 cm³/mol. The zero-order chi connectivity index (χ0) is 14.2. The van der Waals surface area contributed by atoms with Gasteiger partial charge in [0, 0.05) is 11.0 Å². The lowest BCUT2D eigenvalue weighted by Gasteiger charge is -2.22. The van der Waals surface area contributed by atoms with Gasteiger partial charge in [-0.15, -0.1) is 0 Å². The van der Waals surface area contributed by atoms with Crippen molar-refractivity contribution >= 4 is 31.9 Å². The lowest BCUT2D eigenvalue weighted by atomic mass is 10.2. The van der Waals surface area contributed by atoms with Gasteiger partial charge in [0.05, 0.1) is 4.90 Å². The fourth-order valence-electron chi connectivity index (χ4n) is 2.30. The molecule has 0 aromatic heterocycles. The van der Waals surface area contributed by atoms with Gasteiger partial charge < -0.3 is 5.11 Å². The first-order chi connectivity index (χ1) is 8.84. The number of benzene rings is 1. The molecular weight excluding hydrogens is 334 g/mol. The summed E-state index contributed by atoms with van der Waals surface area (Å²) in [5, 5.41) is 9.09. The van der Waals surface area contributed by atoms with Crippen LogP contribution in [0.3, 0.4) is 0 Å². The third-order valence-electron chi connectivity index (χ3n) is 3.21. The van der Waals surface area contributed by atoms with Gasteiger partial charge in [-0.1, -0.05) is 15.9 Å². The molecule has 19 heavy (non-hydrogen) atoms. The molecule has 1 fully saturated rings. The summed E-state index contributed by atoms with van der Waals surface area (Å²) in [5.74, 6) is -1.09. The number of aliphatic carboxylic acids is 1. The number of nitrogens with zero attached hydrogens (tertiary/aromatic N) is 1. The van der Waals surface area contributed by atoms with Crippen molar-refractivity contribution in [1.82, 2.24) is 4.31 Å². The van der Waals surface area contributed by atoms with E-state index in [0.717, 1.165) is 8.78 Å². The van der Waals surface area contributed by atoms with Crippen LogP contribution >= 0.6 is 15.9 Å². The number of aryl methyl sites for hydroxylation is 1. The lowest BCUT2D eigenvalue weighted by Crippen LogP contribution is -2.40. The fraction of sp³-hybridized carbons (Fsp3) is 0.417. The number of halogens is 1. The van der Waals surface area contributed by atoms with Crippen molar-refractivity contribution in [3.63, 3.8) is 0 Å². The summed E-state index contributed by atoms with van der Waals surface area (Å²) in [5.41, 5.74) is 0.602. The van der Waals surface area contributed by atoms with Crippen LogP contribution in [0.15, 0.2) is 27.6 Å². The number of sulfonamides is 1. The molecule has 7 heteroatoms. The van der Waals surface area contributed by atoms with Gasteiger partial charge >= 0.3 is 5.97 Å². The topological polar surface area (TPSA) is 74.7 Å². The normalized spacial score (nSPS) is 20.6. The molecule has 1 aliphatic rings. The maximum atomic E-state index is 12.5. The van der Waals surface area contributed by atoms with Gasteiger partial charge in [-0.05, 0) is 43.5 Å². The number of rotatable bonds is 3. The van der Waals surface area contributed by atoms with E-state index < -0.39 is 22.0 Å². The summed E-state index contributed by atoms with van der Waals surface area (Å²) in [6.07, 6.45) is 0.940. The summed E-state index contributed by atoms with van der Waals surface area (Å²) < 4.78 is 26.9. The molecule has 1 N–H and O–H groups in total. The highest BCUT2D eigenvalue weighted by Gasteiger charge is 2.39. The van der Waals surface area contributed by atoms with E-state index in [0.29, 0.717) is 18.4 Å². The standard InChI is InChI=1S/C12H14BrNO4S/c1-8-7-9(13)4-5-11(8)19(17,18)14-6-2-3-10(14)12(15)16/h4-5,7,10H,2-3,6H2,1H3,(H,15,16). The van der Waals surface area contributed by atoms with E-state index in [1.165, 1.54) is 6.07 Å². The lowest BCUT2D eigenvalue weighted by molar-refractivity contribution is -0.140. The second kappa shape index (κ2) is 5.22. The third-order valence-corrected chi connectivity index (χ3v) is 5.77. The maximum absolute atomic E-state index is 12.5. The quantitative estimate of drug-likeness (QED) is 0.907. The zero-order valence-electron chi connectivity index (χ0n) is 10.3. The average Bonchev–Trinajstić information content (AvgIpc) is 2.77. The van der Waals surface area contributed by atoms with Gasteiger partial charge in [-0.2, -0.15) is 4.31 Å². The van der Waals surface area contributed by atoms with Crippen LogP contribution in [-0.4, -0.2) is 36.4 Å². The number of hydrogen-bond donors (Lipinski definition) is 1. The van der Waals surface area contributed by atoms with Crippen molar-refractivity contribution in [3.05, 3.63) is 28.2 Å². The zero-order valence-corrected chi connectivity index (χ0v) is 12.7. The summed E-state index contributed by atoms with van der Waals surface area (Å²) in [4.78, 5) is 11.3. The molecule has 1 aliphatic heterocycles. The van der Waals surface area contributed by atoms with E-state index in [1.54, 1.807) is 19.1 Å². The highest BCUT2D eigenvalue weighted by molar-refractivity contribution is 9.10. The number of hydrogen-bond acceptors (Lipinski definition) is 3. The fourth-order valence-corrected chi connectivity index (χ4v) is 4.64. The Morgan fingerprint density at radius 2 is 2.16 bits per heavy atom. The molecule has 104 valence electrons. The third kappa shape index (κ3) is 2.68. The van der Waals surface area contributed by atoms with Crippen molar-refractivity contribution in [2.24, 2.45) is 0 Å². The van der Waals surface area contributed by atoms with Crippen LogP contribution < -0.4 is 0 Å². The Morgan fingerprint density at radius 3 is 2.74 bits per heavy atom. The molecule has 0 amide bonds. The van der Waals surface area contributed by atoms with E-state index >= 15 is 0 Å². The molecule has 0 spiro atoms. The molecular formula is C12H14BrNO4S. The molecule has 0 bridgehead atoms. The number of carbonyl (C=O) groups is 1. The van der Waals surface area contributed by atoms with E-state index in [1.807, 2.05) is 0 Å².